The summed E-state index contributed by atoms with van der Waals surface area (Å²) in [7, 11) is 0. The summed E-state index contributed by atoms with van der Waals surface area (Å²) in [6.07, 6.45) is -1.68. The van der Waals surface area contributed by atoms with Gasteiger partial charge < -0.3 is 15.2 Å². The summed E-state index contributed by atoms with van der Waals surface area (Å²) in [5.74, 6) is -1.28. The molecule has 6 nitrogen and oxygen atoms in total. The Balaban J connectivity index is 1.32. The van der Waals surface area contributed by atoms with E-state index in [0.29, 0.717) is 53.7 Å². The fourth-order valence-corrected chi connectivity index (χ4v) is 3.87. The number of hydrogen-bond acceptors (Lipinski definition) is 3. The van der Waals surface area contributed by atoms with Gasteiger partial charge in [0.25, 0.3) is 12.3 Å². The van der Waals surface area contributed by atoms with Gasteiger partial charge in [0.15, 0.2) is 5.82 Å². The molecular formula is C23H23F3N4O2. The summed E-state index contributed by atoms with van der Waals surface area (Å²) in [6, 6.07) is 9.50. The van der Waals surface area contributed by atoms with Crippen LogP contribution >= 0.6 is 0 Å². The summed E-state index contributed by atoms with van der Waals surface area (Å²) in [5.41, 5.74) is 2.39. The number of fused-ring (bicyclic) bond motifs is 1. The predicted octanol–water partition coefficient (Wildman–Crippen LogP) is 4.12. The number of benzene rings is 2. The number of alkyl halides is 2. The van der Waals surface area contributed by atoms with Crippen molar-refractivity contribution in [1.82, 2.24) is 20.2 Å². The molecule has 0 radical (unpaired) electrons. The van der Waals surface area contributed by atoms with E-state index in [-0.39, 0.29) is 30.1 Å². The Morgan fingerprint density at radius 1 is 1.19 bits per heavy atom. The van der Waals surface area contributed by atoms with Gasteiger partial charge in [-0.25, -0.2) is 18.2 Å². The number of carbonyl (C=O) groups is 2. The first kappa shape index (κ1) is 21.9. The van der Waals surface area contributed by atoms with Gasteiger partial charge >= 0.3 is 0 Å². The molecule has 0 saturated carbocycles. The van der Waals surface area contributed by atoms with Gasteiger partial charge in [0.05, 0.1) is 11.0 Å². The van der Waals surface area contributed by atoms with Gasteiger partial charge in [0.1, 0.15) is 5.82 Å². The van der Waals surface area contributed by atoms with Crippen LogP contribution in [0.25, 0.3) is 11.0 Å². The van der Waals surface area contributed by atoms with Gasteiger partial charge in [-0.1, -0.05) is 12.1 Å². The number of halogens is 3. The molecule has 4 rings (SSSR count). The molecule has 9 heteroatoms. The lowest BCUT2D eigenvalue weighted by Gasteiger charge is -2.31. The van der Waals surface area contributed by atoms with Crippen LogP contribution in [0.5, 0.6) is 0 Å². The molecule has 0 spiro atoms. The molecule has 2 N–H and O–H groups in total. The number of nitrogens with one attached hydrogen (secondary N) is 2. The van der Waals surface area contributed by atoms with Gasteiger partial charge in [-0.2, -0.15) is 0 Å². The molecule has 0 atom stereocenters. The minimum Gasteiger partial charge on any atom is -0.352 e. The first-order valence-electron chi connectivity index (χ1n) is 10.4. The van der Waals surface area contributed by atoms with Crippen molar-refractivity contribution in [3.63, 3.8) is 0 Å². The maximum Gasteiger partial charge on any atom is 0.295 e. The van der Waals surface area contributed by atoms with Crippen LogP contribution in [0.3, 0.4) is 0 Å². The Morgan fingerprint density at radius 2 is 1.94 bits per heavy atom. The number of piperidine rings is 1. The van der Waals surface area contributed by atoms with Crippen LogP contribution in [0.15, 0.2) is 36.4 Å². The number of aromatic amines is 1. The van der Waals surface area contributed by atoms with Crippen LogP contribution in [0.4, 0.5) is 13.2 Å². The Morgan fingerprint density at radius 3 is 2.62 bits per heavy atom. The molecule has 2 amide bonds. The third-order valence-corrected chi connectivity index (χ3v) is 5.81. The molecule has 1 saturated heterocycles. The predicted molar refractivity (Wildman–Crippen MR) is 113 cm³/mol. The van der Waals surface area contributed by atoms with Crippen molar-refractivity contribution in [2.24, 2.45) is 5.92 Å². The zero-order valence-corrected chi connectivity index (χ0v) is 17.5. The fourth-order valence-electron chi connectivity index (χ4n) is 3.87. The van der Waals surface area contributed by atoms with Crippen LogP contribution in [0.2, 0.25) is 0 Å². The van der Waals surface area contributed by atoms with Crippen molar-refractivity contribution in [1.29, 1.82) is 0 Å². The molecule has 0 unspecified atom stereocenters. The second-order valence-corrected chi connectivity index (χ2v) is 8.02. The third-order valence-electron chi connectivity index (χ3n) is 5.81. The summed E-state index contributed by atoms with van der Waals surface area (Å²) in [5, 5.41) is 2.84. The van der Waals surface area contributed by atoms with Crippen molar-refractivity contribution < 1.29 is 22.8 Å². The van der Waals surface area contributed by atoms with E-state index in [9.17, 15) is 22.8 Å². The van der Waals surface area contributed by atoms with Crippen LogP contribution < -0.4 is 5.32 Å². The van der Waals surface area contributed by atoms with Crippen molar-refractivity contribution >= 4 is 22.8 Å². The van der Waals surface area contributed by atoms with Gasteiger partial charge in [-0.05, 0) is 55.2 Å². The van der Waals surface area contributed by atoms with Crippen LogP contribution in [0.1, 0.15) is 46.6 Å². The number of carbonyl (C=O) groups excluding carboxylic acids is 2. The van der Waals surface area contributed by atoms with Crippen molar-refractivity contribution in [3.05, 3.63) is 64.7 Å². The third kappa shape index (κ3) is 4.61. The van der Waals surface area contributed by atoms with E-state index >= 15 is 0 Å². The molecule has 0 aliphatic carbocycles. The lowest BCUT2D eigenvalue weighted by molar-refractivity contribution is -0.126. The number of amides is 2. The Labute approximate surface area is 182 Å². The number of likely N-dealkylation sites (tertiary alicyclic amines) is 1. The smallest absolute Gasteiger partial charge is 0.295 e. The molecule has 1 aromatic heterocycles. The SMILES string of the molecule is Cc1ccc(CNC(=O)C2CCN(C(=O)c3ccc4nc(C(F)F)[nH]c4c3)CC2)cc1F. The van der Waals surface area contributed by atoms with Crippen molar-refractivity contribution in [2.75, 3.05) is 13.1 Å². The molecule has 1 fully saturated rings. The number of aryl methyl sites for hydroxylation is 1. The van der Waals surface area contributed by atoms with Gasteiger partial charge in [-0.3, -0.25) is 9.59 Å². The molecule has 2 aromatic carbocycles. The van der Waals surface area contributed by atoms with Gasteiger partial charge in [-0.15, -0.1) is 0 Å². The van der Waals surface area contributed by atoms with Crippen LogP contribution in [0, 0.1) is 18.7 Å². The van der Waals surface area contributed by atoms with E-state index in [4.69, 9.17) is 0 Å². The van der Waals surface area contributed by atoms with E-state index in [0.717, 1.165) is 0 Å². The van der Waals surface area contributed by atoms with Gasteiger partial charge in [0.2, 0.25) is 5.91 Å². The highest BCUT2D eigenvalue weighted by Crippen LogP contribution is 2.23. The Kier molecular flexibility index (Phi) is 6.16. The normalized spacial score (nSPS) is 14.8. The van der Waals surface area contributed by atoms with E-state index in [1.54, 1.807) is 36.1 Å². The number of nitrogens with zero attached hydrogens (tertiary/aromatic N) is 2. The number of imidazole rings is 1. The highest BCUT2D eigenvalue weighted by molar-refractivity contribution is 5.97. The van der Waals surface area contributed by atoms with Crippen molar-refractivity contribution in [3.8, 4) is 0 Å². The average Bonchev–Trinajstić information content (AvgIpc) is 3.23. The van der Waals surface area contributed by atoms with E-state index in [2.05, 4.69) is 15.3 Å². The molecule has 3 aromatic rings. The quantitative estimate of drug-likeness (QED) is 0.622. The highest BCUT2D eigenvalue weighted by Gasteiger charge is 2.28. The lowest BCUT2D eigenvalue weighted by atomic mass is 9.95. The molecule has 1 aliphatic rings. The van der Waals surface area contributed by atoms with E-state index in [1.165, 1.54) is 12.1 Å². The van der Waals surface area contributed by atoms with Crippen LogP contribution in [-0.2, 0) is 11.3 Å². The number of aromatic nitrogens is 2. The van der Waals surface area contributed by atoms with Crippen molar-refractivity contribution in [2.45, 2.75) is 32.7 Å². The maximum atomic E-state index is 13.7. The van der Waals surface area contributed by atoms with E-state index < -0.39 is 12.2 Å². The number of H-pyrrole nitrogens is 1. The fraction of sp³-hybridized carbons (Fsp3) is 0.348. The zero-order chi connectivity index (χ0) is 22.8. The zero-order valence-electron chi connectivity index (χ0n) is 17.5. The second kappa shape index (κ2) is 9.02. The lowest BCUT2D eigenvalue weighted by Crippen LogP contribution is -2.42. The summed E-state index contributed by atoms with van der Waals surface area (Å²) < 4.78 is 39.3. The summed E-state index contributed by atoms with van der Waals surface area (Å²) in [4.78, 5) is 33.3. The molecule has 1 aliphatic heterocycles. The molecule has 0 bridgehead atoms. The summed E-state index contributed by atoms with van der Waals surface area (Å²) >= 11 is 0. The first-order chi connectivity index (χ1) is 15.3. The average molecular weight is 444 g/mol. The number of hydrogen-bond donors (Lipinski definition) is 2. The largest absolute Gasteiger partial charge is 0.352 e. The monoisotopic (exact) mass is 444 g/mol. The standard InChI is InChI=1S/C23H23F3N4O2/c1-13-2-3-14(10-17(13)24)12-27-22(31)15-6-8-30(9-7-15)23(32)16-4-5-18-19(11-16)29-21(28-18)20(25)26/h2-5,10-11,15,20H,6-9,12H2,1H3,(H,27,31)(H,28,29). The molecule has 2 heterocycles. The molecule has 32 heavy (non-hydrogen) atoms. The maximum absolute atomic E-state index is 13.7. The second-order valence-electron chi connectivity index (χ2n) is 8.02. The van der Waals surface area contributed by atoms with E-state index in [1.807, 2.05) is 0 Å². The minimum atomic E-state index is -2.71. The first-order valence-corrected chi connectivity index (χ1v) is 10.4. The van der Waals surface area contributed by atoms with Gasteiger partial charge in [0, 0.05) is 31.1 Å². The minimum absolute atomic E-state index is 0.114. The highest BCUT2D eigenvalue weighted by atomic mass is 19.3. The number of rotatable bonds is 5. The molecular weight excluding hydrogens is 421 g/mol. The Hall–Kier alpha value is -3.36. The molecule has 168 valence electrons. The topological polar surface area (TPSA) is 78.1 Å². The van der Waals surface area contributed by atoms with Crippen LogP contribution in [-0.4, -0.2) is 39.8 Å². The summed E-state index contributed by atoms with van der Waals surface area (Å²) in [6.45, 7) is 2.76. The Bertz CT molecular complexity index is 1150.